The number of aromatic nitrogens is 3. The molecule has 0 bridgehead atoms. The zero-order valence-electron chi connectivity index (χ0n) is 27.4. The Kier molecular flexibility index (Phi) is 7.46. The van der Waals surface area contributed by atoms with Gasteiger partial charge in [-0.25, -0.2) is 15.0 Å². The summed E-state index contributed by atoms with van der Waals surface area (Å²) in [5.41, 5.74) is 11.2. The van der Waals surface area contributed by atoms with E-state index >= 15 is 0 Å². The maximum atomic E-state index is 9.64. The standard InChI is InChI=1S/C46H28N4O/c47-29-37-15-7-8-18-38(37)35-17-9-16-34(27-35)30-21-23-33(24-22-30)45-48-44(32-13-5-2-6-14-32)49-46(50-45)36-25-26-40-42(28-36)51-41-20-10-19-39(43(40)41)31-11-3-1-4-12-31/h1-28H. The lowest BCUT2D eigenvalue weighted by molar-refractivity contribution is 0.669. The molecule has 0 aliphatic carbocycles. The monoisotopic (exact) mass is 652 g/mol. The van der Waals surface area contributed by atoms with Gasteiger partial charge in [-0.1, -0.05) is 140 Å². The molecule has 0 saturated heterocycles. The fraction of sp³-hybridized carbons (Fsp3) is 0. The van der Waals surface area contributed by atoms with Gasteiger partial charge < -0.3 is 4.42 Å². The highest BCUT2D eigenvalue weighted by molar-refractivity contribution is 6.13. The van der Waals surface area contributed by atoms with Crippen molar-refractivity contribution in [1.29, 1.82) is 5.26 Å². The smallest absolute Gasteiger partial charge is 0.164 e. The van der Waals surface area contributed by atoms with E-state index < -0.39 is 0 Å². The van der Waals surface area contributed by atoms with Gasteiger partial charge in [0.05, 0.1) is 11.6 Å². The fourth-order valence-electron chi connectivity index (χ4n) is 6.68. The van der Waals surface area contributed by atoms with Crippen molar-refractivity contribution in [3.8, 4) is 73.6 Å². The van der Waals surface area contributed by atoms with Gasteiger partial charge in [-0.2, -0.15) is 5.26 Å². The number of furan rings is 1. The van der Waals surface area contributed by atoms with E-state index in [4.69, 9.17) is 19.4 Å². The largest absolute Gasteiger partial charge is 0.456 e. The van der Waals surface area contributed by atoms with Gasteiger partial charge >= 0.3 is 0 Å². The highest BCUT2D eigenvalue weighted by atomic mass is 16.3. The molecule has 0 aliphatic heterocycles. The number of hydrogen-bond donors (Lipinski definition) is 0. The zero-order valence-corrected chi connectivity index (χ0v) is 27.4. The predicted octanol–water partition coefficient (Wildman–Crippen LogP) is 11.6. The number of hydrogen-bond acceptors (Lipinski definition) is 5. The highest BCUT2D eigenvalue weighted by Gasteiger charge is 2.17. The second-order valence-corrected chi connectivity index (χ2v) is 12.3. The van der Waals surface area contributed by atoms with Crippen molar-refractivity contribution in [1.82, 2.24) is 15.0 Å². The van der Waals surface area contributed by atoms with Gasteiger partial charge in [-0.05, 0) is 63.7 Å². The van der Waals surface area contributed by atoms with Gasteiger partial charge in [-0.3, -0.25) is 0 Å². The maximum absolute atomic E-state index is 9.64. The summed E-state index contributed by atoms with van der Waals surface area (Å²) in [6.45, 7) is 0. The average molecular weight is 653 g/mol. The molecule has 5 heteroatoms. The molecule has 9 aromatic rings. The van der Waals surface area contributed by atoms with Crippen molar-refractivity contribution in [2.24, 2.45) is 0 Å². The minimum absolute atomic E-state index is 0.567. The van der Waals surface area contributed by atoms with Crippen LogP contribution in [0.1, 0.15) is 5.56 Å². The lowest BCUT2D eigenvalue weighted by atomic mass is 9.96. The van der Waals surface area contributed by atoms with Crippen LogP contribution in [-0.4, -0.2) is 15.0 Å². The molecule has 0 spiro atoms. The Morgan fingerprint density at radius 3 is 1.69 bits per heavy atom. The average Bonchev–Trinajstić information content (AvgIpc) is 3.60. The zero-order chi connectivity index (χ0) is 34.1. The minimum atomic E-state index is 0.567. The number of nitrogens with zero attached hydrogens (tertiary/aromatic N) is 4. The number of benzene rings is 7. The maximum Gasteiger partial charge on any atom is 0.164 e. The first-order valence-corrected chi connectivity index (χ1v) is 16.7. The second kappa shape index (κ2) is 12.7. The molecule has 0 radical (unpaired) electrons. The Morgan fingerprint density at radius 1 is 0.392 bits per heavy atom. The topological polar surface area (TPSA) is 75.6 Å². The molecular weight excluding hydrogens is 625 g/mol. The van der Waals surface area contributed by atoms with Gasteiger partial charge in [0.2, 0.25) is 0 Å². The quantitative estimate of drug-likeness (QED) is 0.179. The fourth-order valence-corrected chi connectivity index (χ4v) is 6.68. The summed E-state index contributed by atoms with van der Waals surface area (Å²) in [5.74, 6) is 1.75. The third-order valence-electron chi connectivity index (χ3n) is 9.21. The molecule has 0 saturated carbocycles. The van der Waals surface area contributed by atoms with E-state index in [1.807, 2.05) is 103 Å². The van der Waals surface area contributed by atoms with E-state index in [2.05, 4.69) is 72.8 Å². The van der Waals surface area contributed by atoms with Crippen LogP contribution in [-0.2, 0) is 0 Å². The molecule has 9 rings (SSSR count). The van der Waals surface area contributed by atoms with E-state index in [0.717, 1.165) is 72.0 Å². The molecule has 0 atom stereocenters. The van der Waals surface area contributed by atoms with Crippen molar-refractivity contribution >= 4 is 21.9 Å². The van der Waals surface area contributed by atoms with Gasteiger partial charge in [0.25, 0.3) is 0 Å². The molecular formula is C46H28N4O. The first kappa shape index (κ1) is 29.9. The molecule has 2 heterocycles. The SMILES string of the molecule is N#Cc1ccccc1-c1cccc(-c2ccc(-c3nc(-c4ccccc4)nc(-c4ccc5c(c4)oc4cccc(-c6ccccc6)c45)n3)cc2)c1. The number of fused-ring (bicyclic) bond motifs is 3. The summed E-state index contributed by atoms with van der Waals surface area (Å²) in [4.78, 5) is 14.9. The van der Waals surface area contributed by atoms with Gasteiger partial charge in [0.15, 0.2) is 17.5 Å². The van der Waals surface area contributed by atoms with Crippen molar-refractivity contribution < 1.29 is 4.42 Å². The van der Waals surface area contributed by atoms with Crippen LogP contribution in [0, 0.1) is 11.3 Å². The van der Waals surface area contributed by atoms with E-state index in [9.17, 15) is 5.26 Å². The van der Waals surface area contributed by atoms with Crippen LogP contribution < -0.4 is 0 Å². The van der Waals surface area contributed by atoms with Crippen molar-refractivity contribution in [2.75, 3.05) is 0 Å². The molecule has 0 amide bonds. The molecule has 51 heavy (non-hydrogen) atoms. The lowest BCUT2D eigenvalue weighted by Crippen LogP contribution is -2.00. The van der Waals surface area contributed by atoms with Crippen LogP contribution in [0.2, 0.25) is 0 Å². The van der Waals surface area contributed by atoms with Crippen molar-refractivity contribution in [2.45, 2.75) is 0 Å². The van der Waals surface area contributed by atoms with E-state index in [1.165, 1.54) is 0 Å². The summed E-state index contributed by atoms with van der Waals surface area (Å²) in [6.07, 6.45) is 0. The van der Waals surface area contributed by atoms with Crippen LogP contribution >= 0.6 is 0 Å². The Balaban J connectivity index is 1.12. The second-order valence-electron chi connectivity index (χ2n) is 12.3. The minimum Gasteiger partial charge on any atom is -0.456 e. The van der Waals surface area contributed by atoms with E-state index in [-0.39, 0.29) is 0 Å². The first-order chi connectivity index (χ1) is 25.2. The third-order valence-corrected chi connectivity index (χ3v) is 9.21. The summed E-state index contributed by atoms with van der Waals surface area (Å²) < 4.78 is 6.42. The van der Waals surface area contributed by atoms with E-state index in [0.29, 0.717) is 23.0 Å². The molecule has 2 aromatic heterocycles. The van der Waals surface area contributed by atoms with Crippen LogP contribution in [0.15, 0.2) is 174 Å². The predicted molar refractivity (Wildman–Crippen MR) is 204 cm³/mol. The molecule has 0 fully saturated rings. The molecule has 238 valence electrons. The summed E-state index contributed by atoms with van der Waals surface area (Å²) in [5, 5.41) is 11.8. The number of rotatable bonds is 6. The normalized spacial score (nSPS) is 11.1. The Bertz CT molecular complexity index is 2750. The van der Waals surface area contributed by atoms with Gasteiger partial charge in [-0.15, -0.1) is 0 Å². The summed E-state index contributed by atoms with van der Waals surface area (Å²) >= 11 is 0. The van der Waals surface area contributed by atoms with E-state index in [1.54, 1.807) is 0 Å². The van der Waals surface area contributed by atoms with Crippen LogP contribution in [0.3, 0.4) is 0 Å². The third kappa shape index (κ3) is 5.61. The Hall–Kier alpha value is -7.16. The molecule has 0 aliphatic rings. The Labute approximate surface area is 294 Å². The van der Waals surface area contributed by atoms with Crippen LogP contribution in [0.5, 0.6) is 0 Å². The van der Waals surface area contributed by atoms with Crippen molar-refractivity contribution in [3.05, 3.63) is 175 Å². The molecule has 0 N–H and O–H groups in total. The highest BCUT2D eigenvalue weighted by Crippen LogP contribution is 2.38. The summed E-state index contributed by atoms with van der Waals surface area (Å²) in [6, 6.07) is 59.3. The first-order valence-electron chi connectivity index (χ1n) is 16.7. The Morgan fingerprint density at radius 2 is 0.941 bits per heavy atom. The molecule has 5 nitrogen and oxygen atoms in total. The van der Waals surface area contributed by atoms with Crippen LogP contribution in [0.25, 0.3) is 89.5 Å². The molecule has 0 unspecified atom stereocenters. The molecule has 7 aromatic carbocycles. The van der Waals surface area contributed by atoms with Gasteiger partial charge in [0, 0.05) is 27.5 Å². The lowest BCUT2D eigenvalue weighted by Gasteiger charge is -2.10. The summed E-state index contributed by atoms with van der Waals surface area (Å²) in [7, 11) is 0. The van der Waals surface area contributed by atoms with Crippen molar-refractivity contribution in [3.63, 3.8) is 0 Å². The number of nitriles is 1. The van der Waals surface area contributed by atoms with Gasteiger partial charge in [0.1, 0.15) is 11.2 Å². The van der Waals surface area contributed by atoms with Crippen LogP contribution in [0.4, 0.5) is 0 Å².